The van der Waals surface area contributed by atoms with Gasteiger partial charge < -0.3 is 5.32 Å². The van der Waals surface area contributed by atoms with Gasteiger partial charge in [-0.15, -0.1) is 0 Å². The van der Waals surface area contributed by atoms with Crippen LogP contribution in [0.15, 0.2) is 24.3 Å². The largest absolute Gasteiger partial charge is 0.352 e. The van der Waals surface area contributed by atoms with E-state index in [1.54, 1.807) is 0 Å². The van der Waals surface area contributed by atoms with Gasteiger partial charge in [0.05, 0.1) is 0 Å². The molecule has 136 valence electrons. The van der Waals surface area contributed by atoms with Crippen molar-refractivity contribution in [3.63, 3.8) is 0 Å². The Bertz CT molecular complexity index is 441. The standard InChI is InChI=1S/C22H37NO/c1-3-4-5-6-7-8-9-10-11-12-13-16-19-23-22(24)21-18-15-14-17-20(21)2/h14-15,17-18H,3-13,16,19H2,1-2H3,(H,23,24). The maximum absolute atomic E-state index is 12.1. The maximum Gasteiger partial charge on any atom is 0.251 e. The average molecular weight is 332 g/mol. The number of benzene rings is 1. The molecule has 2 heteroatoms. The van der Waals surface area contributed by atoms with Crippen LogP contribution in [0.25, 0.3) is 0 Å². The number of amides is 1. The third-order valence-electron chi connectivity index (χ3n) is 4.71. The van der Waals surface area contributed by atoms with Crippen molar-refractivity contribution in [3.8, 4) is 0 Å². The second-order valence-corrected chi connectivity index (χ2v) is 6.96. The lowest BCUT2D eigenvalue weighted by molar-refractivity contribution is 0.0952. The van der Waals surface area contributed by atoms with E-state index in [1.165, 1.54) is 70.6 Å². The van der Waals surface area contributed by atoms with Crippen LogP contribution in [0, 0.1) is 6.92 Å². The van der Waals surface area contributed by atoms with E-state index in [4.69, 9.17) is 0 Å². The molecule has 0 unspecified atom stereocenters. The lowest BCUT2D eigenvalue weighted by Crippen LogP contribution is -2.25. The van der Waals surface area contributed by atoms with Crippen molar-refractivity contribution in [1.29, 1.82) is 0 Å². The molecule has 1 rings (SSSR count). The minimum Gasteiger partial charge on any atom is -0.352 e. The molecule has 0 fully saturated rings. The Kier molecular flexibility index (Phi) is 12.2. The number of carbonyl (C=O) groups is 1. The van der Waals surface area contributed by atoms with Gasteiger partial charge in [-0.2, -0.15) is 0 Å². The second kappa shape index (κ2) is 14.1. The molecule has 0 saturated heterocycles. The van der Waals surface area contributed by atoms with Crippen LogP contribution in [0.5, 0.6) is 0 Å². The zero-order chi connectivity index (χ0) is 17.5. The molecule has 0 aliphatic carbocycles. The highest BCUT2D eigenvalue weighted by atomic mass is 16.1. The van der Waals surface area contributed by atoms with Gasteiger partial charge in [-0.05, 0) is 25.0 Å². The van der Waals surface area contributed by atoms with Crippen molar-refractivity contribution >= 4 is 5.91 Å². The quantitative estimate of drug-likeness (QED) is 0.391. The van der Waals surface area contributed by atoms with Crippen molar-refractivity contribution in [2.24, 2.45) is 0 Å². The van der Waals surface area contributed by atoms with E-state index in [0.29, 0.717) is 0 Å². The molecule has 0 aliphatic heterocycles. The summed E-state index contributed by atoms with van der Waals surface area (Å²) in [5.74, 6) is 0.0659. The predicted octanol–water partition coefficient (Wildman–Crippen LogP) is 6.43. The number of nitrogens with one attached hydrogen (secondary N) is 1. The van der Waals surface area contributed by atoms with Crippen LogP contribution in [0.4, 0.5) is 0 Å². The molecule has 24 heavy (non-hydrogen) atoms. The molecule has 1 amide bonds. The van der Waals surface area contributed by atoms with E-state index < -0.39 is 0 Å². The highest BCUT2D eigenvalue weighted by Crippen LogP contribution is 2.12. The predicted molar refractivity (Wildman–Crippen MR) is 105 cm³/mol. The molecule has 0 spiro atoms. The molecule has 1 aromatic carbocycles. The highest BCUT2D eigenvalue weighted by molar-refractivity contribution is 5.95. The van der Waals surface area contributed by atoms with Crippen LogP contribution in [0.1, 0.15) is 99.9 Å². The fourth-order valence-corrected chi connectivity index (χ4v) is 3.09. The molecule has 0 aromatic heterocycles. The highest BCUT2D eigenvalue weighted by Gasteiger charge is 2.06. The monoisotopic (exact) mass is 331 g/mol. The van der Waals surface area contributed by atoms with E-state index in [-0.39, 0.29) is 5.91 Å². The number of hydrogen-bond acceptors (Lipinski definition) is 1. The summed E-state index contributed by atoms with van der Waals surface area (Å²) in [6.45, 7) is 5.05. The summed E-state index contributed by atoms with van der Waals surface area (Å²) in [5, 5.41) is 3.04. The molecule has 0 heterocycles. The summed E-state index contributed by atoms with van der Waals surface area (Å²) in [6.07, 6.45) is 16.2. The van der Waals surface area contributed by atoms with Crippen molar-refractivity contribution < 1.29 is 4.79 Å². The summed E-state index contributed by atoms with van der Waals surface area (Å²) in [5.41, 5.74) is 1.85. The Hall–Kier alpha value is -1.31. The Morgan fingerprint density at radius 3 is 1.83 bits per heavy atom. The smallest absolute Gasteiger partial charge is 0.251 e. The van der Waals surface area contributed by atoms with Gasteiger partial charge in [-0.1, -0.05) is 95.8 Å². The SMILES string of the molecule is CCCCCCCCCCCCCCNC(=O)c1ccccc1C. The summed E-state index contributed by atoms with van der Waals surface area (Å²) < 4.78 is 0. The van der Waals surface area contributed by atoms with Crippen molar-refractivity contribution in [2.75, 3.05) is 6.54 Å². The zero-order valence-corrected chi connectivity index (χ0v) is 15.9. The topological polar surface area (TPSA) is 29.1 Å². The number of unbranched alkanes of at least 4 members (excludes halogenated alkanes) is 11. The molecule has 0 aliphatic rings. The Labute approximate surface area is 149 Å². The maximum atomic E-state index is 12.1. The molecule has 1 aromatic rings. The molecule has 0 bridgehead atoms. The lowest BCUT2D eigenvalue weighted by atomic mass is 10.1. The van der Waals surface area contributed by atoms with Crippen molar-refractivity contribution in [1.82, 2.24) is 5.32 Å². The van der Waals surface area contributed by atoms with E-state index in [2.05, 4.69) is 12.2 Å². The van der Waals surface area contributed by atoms with Gasteiger partial charge in [0.2, 0.25) is 0 Å². The molecule has 0 radical (unpaired) electrons. The third kappa shape index (κ3) is 9.75. The third-order valence-corrected chi connectivity index (χ3v) is 4.71. The molecule has 0 saturated carbocycles. The molecule has 1 N–H and O–H groups in total. The first-order chi connectivity index (χ1) is 11.8. The first-order valence-corrected chi connectivity index (χ1v) is 10.1. The van der Waals surface area contributed by atoms with Crippen molar-refractivity contribution in [3.05, 3.63) is 35.4 Å². The van der Waals surface area contributed by atoms with Crippen LogP contribution in [-0.4, -0.2) is 12.5 Å². The Balaban J connectivity index is 1.89. The number of aryl methyl sites for hydroxylation is 1. The van der Waals surface area contributed by atoms with E-state index >= 15 is 0 Å². The van der Waals surface area contributed by atoms with Gasteiger partial charge in [0.15, 0.2) is 0 Å². The van der Waals surface area contributed by atoms with Gasteiger partial charge in [-0.3, -0.25) is 4.79 Å². The molecule has 2 nitrogen and oxygen atoms in total. The minimum atomic E-state index is 0.0659. The van der Waals surface area contributed by atoms with Crippen LogP contribution in [0.3, 0.4) is 0 Å². The zero-order valence-electron chi connectivity index (χ0n) is 15.9. The second-order valence-electron chi connectivity index (χ2n) is 6.96. The molecular formula is C22H37NO. The van der Waals surface area contributed by atoms with Gasteiger partial charge >= 0.3 is 0 Å². The van der Waals surface area contributed by atoms with Gasteiger partial charge in [0, 0.05) is 12.1 Å². The Morgan fingerprint density at radius 1 is 0.792 bits per heavy atom. The molecular weight excluding hydrogens is 294 g/mol. The van der Waals surface area contributed by atoms with Gasteiger partial charge in [0.1, 0.15) is 0 Å². The van der Waals surface area contributed by atoms with E-state index in [0.717, 1.165) is 24.1 Å². The van der Waals surface area contributed by atoms with Crippen LogP contribution < -0.4 is 5.32 Å². The summed E-state index contributed by atoms with van der Waals surface area (Å²) in [7, 11) is 0. The number of hydrogen-bond donors (Lipinski definition) is 1. The Morgan fingerprint density at radius 2 is 1.29 bits per heavy atom. The van der Waals surface area contributed by atoms with Crippen LogP contribution in [-0.2, 0) is 0 Å². The van der Waals surface area contributed by atoms with E-state index in [1.807, 2.05) is 31.2 Å². The first kappa shape index (κ1) is 20.7. The molecule has 0 atom stereocenters. The van der Waals surface area contributed by atoms with Crippen LogP contribution >= 0.6 is 0 Å². The average Bonchev–Trinajstić information content (AvgIpc) is 2.59. The van der Waals surface area contributed by atoms with E-state index in [9.17, 15) is 4.79 Å². The van der Waals surface area contributed by atoms with Gasteiger partial charge in [0.25, 0.3) is 5.91 Å². The minimum absolute atomic E-state index is 0.0659. The van der Waals surface area contributed by atoms with Crippen LogP contribution in [0.2, 0.25) is 0 Å². The number of rotatable bonds is 14. The first-order valence-electron chi connectivity index (χ1n) is 10.1. The summed E-state index contributed by atoms with van der Waals surface area (Å²) in [4.78, 5) is 12.1. The normalized spacial score (nSPS) is 10.8. The number of carbonyl (C=O) groups excluding carboxylic acids is 1. The van der Waals surface area contributed by atoms with Crippen molar-refractivity contribution in [2.45, 2.75) is 90.9 Å². The van der Waals surface area contributed by atoms with Gasteiger partial charge in [-0.25, -0.2) is 0 Å². The fourth-order valence-electron chi connectivity index (χ4n) is 3.09. The lowest BCUT2D eigenvalue weighted by Gasteiger charge is -2.07. The summed E-state index contributed by atoms with van der Waals surface area (Å²) in [6, 6.07) is 7.77. The summed E-state index contributed by atoms with van der Waals surface area (Å²) >= 11 is 0. The fraction of sp³-hybridized carbons (Fsp3) is 0.682.